The number of benzene rings is 2. The molecule has 7 heteroatoms. The van der Waals surface area contributed by atoms with Gasteiger partial charge in [-0.05, 0) is 73.3 Å². The van der Waals surface area contributed by atoms with Crippen molar-refractivity contribution < 1.29 is 9.84 Å². The Morgan fingerprint density at radius 3 is 2.35 bits per heavy atom. The summed E-state index contributed by atoms with van der Waals surface area (Å²) in [5, 5.41) is 10.5. The lowest BCUT2D eigenvalue weighted by atomic mass is 10.2. The summed E-state index contributed by atoms with van der Waals surface area (Å²) in [4.78, 5) is 0. The molecule has 0 aliphatic rings. The number of aliphatic hydroxyl groups is 1. The third-order valence-electron chi connectivity index (χ3n) is 2.93. The van der Waals surface area contributed by atoms with Crippen LogP contribution in [0, 0.1) is 0 Å². The second-order valence-corrected chi connectivity index (χ2v) is 7.21. The SMILES string of the molecule is NCC(O)=Cc1cc(Br)c(OCc2ccc(Cl)c(Cl)c2)c(Br)c1. The summed E-state index contributed by atoms with van der Waals surface area (Å²) < 4.78 is 7.34. The predicted molar refractivity (Wildman–Crippen MR) is 102 cm³/mol. The van der Waals surface area contributed by atoms with Crippen LogP contribution in [0.25, 0.3) is 6.08 Å². The molecule has 0 radical (unpaired) electrons. The Morgan fingerprint density at radius 1 is 1.13 bits per heavy atom. The molecule has 0 bridgehead atoms. The highest BCUT2D eigenvalue weighted by atomic mass is 79.9. The van der Waals surface area contributed by atoms with E-state index in [2.05, 4.69) is 31.9 Å². The van der Waals surface area contributed by atoms with E-state index in [1.807, 2.05) is 18.2 Å². The molecule has 0 atom stereocenters. The zero-order valence-electron chi connectivity index (χ0n) is 11.8. The molecule has 2 rings (SSSR count). The number of hydrogen-bond acceptors (Lipinski definition) is 3. The molecular formula is C16H13Br2Cl2NO2. The van der Waals surface area contributed by atoms with Crippen LogP contribution in [0.4, 0.5) is 0 Å². The van der Waals surface area contributed by atoms with Crippen molar-refractivity contribution in [2.45, 2.75) is 6.61 Å². The van der Waals surface area contributed by atoms with Crippen molar-refractivity contribution in [2.24, 2.45) is 5.73 Å². The Morgan fingerprint density at radius 2 is 1.78 bits per heavy atom. The van der Waals surface area contributed by atoms with Crippen molar-refractivity contribution in [1.82, 2.24) is 0 Å². The van der Waals surface area contributed by atoms with Crippen molar-refractivity contribution >= 4 is 61.1 Å². The van der Waals surface area contributed by atoms with Gasteiger partial charge in [-0.1, -0.05) is 29.3 Å². The Bertz CT molecular complexity index is 728. The Balaban J connectivity index is 2.18. The highest BCUT2D eigenvalue weighted by molar-refractivity contribution is 9.11. The maximum atomic E-state index is 9.51. The number of hydrogen-bond donors (Lipinski definition) is 2. The van der Waals surface area contributed by atoms with E-state index < -0.39 is 0 Å². The fraction of sp³-hybridized carbons (Fsp3) is 0.125. The molecule has 0 unspecified atom stereocenters. The maximum Gasteiger partial charge on any atom is 0.148 e. The Hall–Kier alpha value is -0.720. The maximum absolute atomic E-state index is 9.51. The van der Waals surface area contributed by atoms with Crippen LogP contribution in [0.1, 0.15) is 11.1 Å². The van der Waals surface area contributed by atoms with Gasteiger partial charge in [0.05, 0.1) is 25.5 Å². The molecule has 2 aromatic carbocycles. The molecule has 3 nitrogen and oxygen atoms in total. The lowest BCUT2D eigenvalue weighted by Gasteiger charge is -2.12. The van der Waals surface area contributed by atoms with Crippen molar-refractivity contribution in [3.05, 3.63) is 66.2 Å². The van der Waals surface area contributed by atoms with Gasteiger partial charge in [-0.3, -0.25) is 0 Å². The van der Waals surface area contributed by atoms with E-state index in [1.54, 1.807) is 18.2 Å². The van der Waals surface area contributed by atoms with E-state index in [4.69, 9.17) is 33.7 Å². The van der Waals surface area contributed by atoms with Gasteiger partial charge in [0.25, 0.3) is 0 Å². The third kappa shape index (κ3) is 5.13. The van der Waals surface area contributed by atoms with Gasteiger partial charge in [-0.2, -0.15) is 0 Å². The normalized spacial score (nSPS) is 11.6. The largest absolute Gasteiger partial charge is 0.511 e. The third-order valence-corrected chi connectivity index (χ3v) is 4.85. The molecule has 0 heterocycles. The molecule has 0 aliphatic heterocycles. The highest BCUT2D eigenvalue weighted by Gasteiger charge is 2.10. The van der Waals surface area contributed by atoms with Crippen molar-refractivity contribution in [3.63, 3.8) is 0 Å². The number of nitrogens with two attached hydrogens (primary N) is 1. The first kappa shape index (κ1) is 18.6. The number of rotatable bonds is 5. The van der Waals surface area contributed by atoms with Crippen LogP contribution in [0.5, 0.6) is 5.75 Å². The molecule has 0 spiro atoms. The van der Waals surface area contributed by atoms with E-state index in [0.717, 1.165) is 20.1 Å². The van der Waals surface area contributed by atoms with Crippen LogP contribution in [-0.2, 0) is 6.61 Å². The van der Waals surface area contributed by atoms with Crippen LogP contribution in [-0.4, -0.2) is 11.7 Å². The lowest BCUT2D eigenvalue weighted by Crippen LogP contribution is -2.01. The topological polar surface area (TPSA) is 55.5 Å². The van der Waals surface area contributed by atoms with Gasteiger partial charge < -0.3 is 15.6 Å². The van der Waals surface area contributed by atoms with E-state index in [1.165, 1.54) is 0 Å². The molecule has 3 N–H and O–H groups in total. The fourth-order valence-electron chi connectivity index (χ4n) is 1.84. The minimum Gasteiger partial charge on any atom is -0.511 e. The zero-order chi connectivity index (χ0) is 17.0. The van der Waals surface area contributed by atoms with E-state index >= 15 is 0 Å². The molecule has 0 aliphatic carbocycles. The minimum atomic E-state index is 0.0881. The molecule has 0 fully saturated rings. The van der Waals surface area contributed by atoms with Gasteiger partial charge in [0.1, 0.15) is 18.1 Å². The van der Waals surface area contributed by atoms with Gasteiger partial charge in [0.2, 0.25) is 0 Å². The van der Waals surface area contributed by atoms with Crippen molar-refractivity contribution in [1.29, 1.82) is 0 Å². The van der Waals surface area contributed by atoms with Gasteiger partial charge >= 0.3 is 0 Å². The standard InChI is InChI=1S/C16H13Br2Cl2NO2/c17-12-4-10(3-11(22)7-21)5-13(18)16(12)23-8-9-1-2-14(19)15(20)6-9/h1-6,22H,7-8,21H2. The molecule has 23 heavy (non-hydrogen) atoms. The predicted octanol–water partition coefficient (Wildman–Crippen LogP) is 5.96. The highest BCUT2D eigenvalue weighted by Crippen LogP contribution is 2.36. The van der Waals surface area contributed by atoms with Crippen LogP contribution < -0.4 is 10.5 Å². The summed E-state index contributed by atoms with van der Waals surface area (Å²) in [7, 11) is 0. The smallest absolute Gasteiger partial charge is 0.148 e. The van der Waals surface area contributed by atoms with E-state index in [9.17, 15) is 5.11 Å². The van der Waals surface area contributed by atoms with E-state index in [-0.39, 0.29) is 12.3 Å². The molecule has 2 aromatic rings. The van der Waals surface area contributed by atoms with Crippen molar-refractivity contribution in [3.8, 4) is 5.75 Å². The van der Waals surface area contributed by atoms with Crippen LogP contribution in [0.2, 0.25) is 10.0 Å². The summed E-state index contributed by atoms with van der Waals surface area (Å²) in [5.74, 6) is 0.758. The fourth-order valence-corrected chi connectivity index (χ4v) is 3.61. The van der Waals surface area contributed by atoms with Gasteiger partial charge in [0.15, 0.2) is 0 Å². The summed E-state index contributed by atoms with van der Waals surface area (Å²) in [6, 6.07) is 9.02. The van der Waals surface area contributed by atoms with Gasteiger partial charge in [-0.25, -0.2) is 0 Å². The number of ether oxygens (including phenoxy) is 1. The summed E-state index contributed by atoms with van der Waals surface area (Å²) in [5.41, 5.74) is 7.08. The second kappa shape index (κ2) is 8.40. The Labute approximate surface area is 161 Å². The summed E-state index contributed by atoms with van der Waals surface area (Å²) >= 11 is 18.8. The molecule has 0 saturated carbocycles. The van der Waals surface area contributed by atoms with Crippen molar-refractivity contribution in [2.75, 3.05) is 6.54 Å². The second-order valence-electron chi connectivity index (χ2n) is 4.69. The first-order valence-electron chi connectivity index (χ1n) is 6.56. The van der Waals surface area contributed by atoms with Gasteiger partial charge in [-0.15, -0.1) is 0 Å². The number of halogens is 4. The quantitative estimate of drug-likeness (QED) is 0.518. The molecule has 0 saturated heterocycles. The molecular weight excluding hydrogens is 469 g/mol. The van der Waals surface area contributed by atoms with Crippen LogP contribution >= 0.6 is 55.1 Å². The zero-order valence-corrected chi connectivity index (χ0v) is 16.5. The average molecular weight is 482 g/mol. The summed E-state index contributed by atoms with van der Waals surface area (Å²) in [6.45, 7) is 0.433. The van der Waals surface area contributed by atoms with Crippen LogP contribution in [0.3, 0.4) is 0 Å². The lowest BCUT2D eigenvalue weighted by molar-refractivity contribution is 0.302. The first-order chi connectivity index (χ1) is 10.9. The monoisotopic (exact) mass is 479 g/mol. The average Bonchev–Trinajstić information content (AvgIpc) is 2.49. The first-order valence-corrected chi connectivity index (χ1v) is 8.90. The Kier molecular flexibility index (Phi) is 6.80. The molecule has 122 valence electrons. The number of aliphatic hydroxyl groups excluding tert-OH is 1. The van der Waals surface area contributed by atoms with E-state index in [0.29, 0.717) is 22.4 Å². The molecule has 0 aromatic heterocycles. The molecule has 0 amide bonds. The van der Waals surface area contributed by atoms with Crippen LogP contribution in [0.15, 0.2) is 45.0 Å². The summed E-state index contributed by atoms with van der Waals surface area (Å²) in [6.07, 6.45) is 1.60. The minimum absolute atomic E-state index is 0.0881. The van der Waals surface area contributed by atoms with Gasteiger partial charge in [0, 0.05) is 0 Å².